The molecule has 5 heteroatoms. The fourth-order valence-corrected chi connectivity index (χ4v) is 5.71. The second-order valence-corrected chi connectivity index (χ2v) is 8.62. The molecule has 2 aromatic carbocycles. The van der Waals surface area contributed by atoms with Gasteiger partial charge in [-0.2, -0.15) is 0 Å². The molecule has 4 atom stereocenters. The molecule has 2 aromatic rings. The molecule has 0 aromatic heterocycles. The highest BCUT2D eigenvalue weighted by Gasteiger charge is 2.65. The Morgan fingerprint density at radius 3 is 2.71 bits per heavy atom. The number of ketones is 1. The predicted octanol–water partition coefficient (Wildman–Crippen LogP) is 3.48. The van der Waals surface area contributed by atoms with Crippen LogP contribution in [0.15, 0.2) is 30.3 Å². The smallest absolute Gasteiger partial charge is 0.303 e. The Bertz CT molecular complexity index is 980. The molecular formula is C23H26O5. The lowest BCUT2D eigenvalue weighted by Gasteiger charge is -2.46. The van der Waals surface area contributed by atoms with Crippen molar-refractivity contribution in [1.29, 1.82) is 0 Å². The molecule has 2 N–H and O–H groups in total. The number of hydrogen-bond donors (Lipinski definition) is 2. The van der Waals surface area contributed by atoms with Gasteiger partial charge in [0.1, 0.15) is 11.4 Å². The van der Waals surface area contributed by atoms with Gasteiger partial charge in [0.15, 0.2) is 6.61 Å². The van der Waals surface area contributed by atoms with Crippen LogP contribution in [0.25, 0.3) is 10.8 Å². The van der Waals surface area contributed by atoms with E-state index in [2.05, 4.69) is 6.07 Å². The van der Waals surface area contributed by atoms with Crippen LogP contribution in [0.3, 0.4) is 0 Å². The Labute approximate surface area is 164 Å². The summed E-state index contributed by atoms with van der Waals surface area (Å²) in [6, 6.07) is 9.49. The Morgan fingerprint density at radius 2 is 2.00 bits per heavy atom. The van der Waals surface area contributed by atoms with Crippen LogP contribution in [0.2, 0.25) is 0 Å². The van der Waals surface area contributed by atoms with E-state index in [1.165, 1.54) is 18.1 Å². The van der Waals surface area contributed by atoms with Gasteiger partial charge in [-0.15, -0.1) is 0 Å². The maximum atomic E-state index is 12.9. The van der Waals surface area contributed by atoms with Crippen molar-refractivity contribution in [3.05, 3.63) is 41.5 Å². The van der Waals surface area contributed by atoms with Crippen molar-refractivity contribution < 1.29 is 24.5 Å². The molecule has 1 saturated carbocycles. The summed E-state index contributed by atoms with van der Waals surface area (Å²) < 4.78 is 4.92. The Morgan fingerprint density at radius 1 is 1.25 bits per heavy atom. The average Bonchev–Trinajstić information content (AvgIpc) is 2.87. The SMILES string of the molecule is CC(=O)OCC(=O)[C@@]1(O)[C@H](C)C[C@H]2c3ccc4cc(O)ccc4c3CC[C@@]21C. The summed E-state index contributed by atoms with van der Waals surface area (Å²) in [7, 11) is 0. The maximum absolute atomic E-state index is 12.9. The number of phenols is 1. The molecule has 0 spiro atoms. The van der Waals surface area contributed by atoms with Gasteiger partial charge < -0.3 is 14.9 Å². The maximum Gasteiger partial charge on any atom is 0.303 e. The number of phenolic OH excluding ortho intramolecular Hbond substituents is 1. The van der Waals surface area contributed by atoms with Crippen LogP contribution < -0.4 is 0 Å². The zero-order valence-corrected chi connectivity index (χ0v) is 16.5. The lowest BCUT2D eigenvalue weighted by atomic mass is 9.59. The highest BCUT2D eigenvalue weighted by Crippen LogP contribution is 2.63. The third-order valence-corrected chi connectivity index (χ3v) is 7.19. The van der Waals surface area contributed by atoms with Crippen molar-refractivity contribution in [1.82, 2.24) is 0 Å². The summed E-state index contributed by atoms with van der Waals surface area (Å²) in [6.45, 7) is 4.78. The molecule has 0 aliphatic heterocycles. The summed E-state index contributed by atoms with van der Waals surface area (Å²) in [4.78, 5) is 24.1. The second-order valence-electron chi connectivity index (χ2n) is 8.62. The highest BCUT2D eigenvalue weighted by molar-refractivity contribution is 5.92. The second kappa shape index (κ2) is 6.31. The summed E-state index contributed by atoms with van der Waals surface area (Å²) in [5.74, 6) is -0.863. The van der Waals surface area contributed by atoms with Crippen molar-refractivity contribution in [2.45, 2.75) is 51.6 Å². The average molecular weight is 382 g/mol. The fourth-order valence-electron chi connectivity index (χ4n) is 5.71. The molecule has 0 saturated heterocycles. The van der Waals surface area contributed by atoms with Gasteiger partial charge >= 0.3 is 5.97 Å². The summed E-state index contributed by atoms with van der Waals surface area (Å²) >= 11 is 0. The number of rotatable bonds is 3. The predicted molar refractivity (Wildman–Crippen MR) is 105 cm³/mol. The van der Waals surface area contributed by atoms with Gasteiger partial charge in [-0.25, -0.2) is 0 Å². The van der Waals surface area contributed by atoms with E-state index in [1.807, 2.05) is 26.0 Å². The van der Waals surface area contributed by atoms with Crippen molar-refractivity contribution >= 4 is 22.5 Å². The van der Waals surface area contributed by atoms with Gasteiger partial charge in [0.2, 0.25) is 5.78 Å². The van der Waals surface area contributed by atoms with Crippen molar-refractivity contribution in [2.24, 2.45) is 11.3 Å². The molecular weight excluding hydrogens is 356 g/mol. The molecule has 0 unspecified atom stereocenters. The number of aromatic hydroxyl groups is 1. The summed E-state index contributed by atoms with van der Waals surface area (Å²) in [5.41, 5.74) is 0.287. The van der Waals surface area contributed by atoms with Crippen LogP contribution >= 0.6 is 0 Å². The molecule has 148 valence electrons. The minimum absolute atomic E-state index is 0.0516. The lowest BCUT2D eigenvalue weighted by Crippen LogP contribution is -2.56. The van der Waals surface area contributed by atoms with E-state index in [4.69, 9.17) is 4.74 Å². The molecule has 5 nitrogen and oxygen atoms in total. The number of aliphatic hydroxyl groups is 1. The first kappa shape index (κ1) is 18.9. The number of benzene rings is 2. The van der Waals surface area contributed by atoms with Crippen molar-refractivity contribution in [3.8, 4) is 5.75 Å². The number of ether oxygens (including phenoxy) is 1. The van der Waals surface area contributed by atoms with Crippen LogP contribution in [0, 0.1) is 11.3 Å². The van der Waals surface area contributed by atoms with Crippen LogP contribution in [-0.4, -0.2) is 34.2 Å². The summed E-state index contributed by atoms with van der Waals surface area (Å²) in [6.07, 6.45) is 2.13. The Kier molecular flexibility index (Phi) is 4.27. The van der Waals surface area contributed by atoms with Gasteiger partial charge in [0.25, 0.3) is 0 Å². The lowest BCUT2D eigenvalue weighted by molar-refractivity contribution is -0.165. The van der Waals surface area contributed by atoms with E-state index < -0.39 is 22.8 Å². The van der Waals surface area contributed by atoms with Crippen LogP contribution in [-0.2, 0) is 20.7 Å². The highest BCUT2D eigenvalue weighted by atomic mass is 16.5. The minimum atomic E-state index is -1.52. The molecule has 4 rings (SSSR count). The number of aryl methyl sites for hydroxylation is 1. The zero-order valence-electron chi connectivity index (χ0n) is 16.5. The molecule has 2 aliphatic rings. The van der Waals surface area contributed by atoms with Gasteiger partial charge in [0.05, 0.1) is 0 Å². The first-order valence-electron chi connectivity index (χ1n) is 9.82. The molecule has 28 heavy (non-hydrogen) atoms. The Balaban J connectivity index is 1.77. The van der Waals surface area contributed by atoms with E-state index in [-0.39, 0.29) is 24.2 Å². The van der Waals surface area contributed by atoms with Crippen LogP contribution in [0.5, 0.6) is 5.75 Å². The van der Waals surface area contributed by atoms with E-state index >= 15 is 0 Å². The van der Waals surface area contributed by atoms with Crippen molar-refractivity contribution in [3.63, 3.8) is 0 Å². The number of esters is 1. The van der Waals surface area contributed by atoms with E-state index in [0.717, 1.165) is 17.2 Å². The topological polar surface area (TPSA) is 83.8 Å². The summed E-state index contributed by atoms with van der Waals surface area (Å²) in [5, 5.41) is 23.5. The molecule has 0 amide bonds. The Hall–Kier alpha value is -2.40. The normalized spacial score (nSPS) is 31.3. The standard InChI is InChI=1S/C23H26O5/c1-13-10-20-19-6-4-15-11-16(25)5-7-17(15)18(19)8-9-22(20,3)23(13,27)21(26)12-28-14(2)24/h4-7,11,13,20,25,27H,8-10,12H2,1-3H3/t13-,20+,22+,23+/m1/s1. The monoisotopic (exact) mass is 382 g/mol. The van der Waals surface area contributed by atoms with E-state index in [0.29, 0.717) is 12.8 Å². The van der Waals surface area contributed by atoms with E-state index in [9.17, 15) is 19.8 Å². The van der Waals surface area contributed by atoms with Gasteiger partial charge in [-0.05, 0) is 65.1 Å². The number of carbonyl (C=O) groups is 2. The van der Waals surface area contributed by atoms with Crippen LogP contribution in [0.4, 0.5) is 0 Å². The quantitative estimate of drug-likeness (QED) is 0.794. The fraction of sp³-hybridized carbons (Fsp3) is 0.478. The van der Waals surface area contributed by atoms with Gasteiger partial charge in [-0.1, -0.05) is 32.0 Å². The van der Waals surface area contributed by atoms with Crippen LogP contribution in [0.1, 0.15) is 50.7 Å². The first-order chi connectivity index (χ1) is 13.2. The number of hydrogen-bond acceptors (Lipinski definition) is 5. The molecule has 2 aliphatic carbocycles. The third-order valence-electron chi connectivity index (χ3n) is 7.19. The number of carbonyl (C=O) groups excluding carboxylic acids is 2. The minimum Gasteiger partial charge on any atom is -0.508 e. The number of Topliss-reactive ketones (excluding diaryl/α,β-unsaturated/α-hetero) is 1. The zero-order chi connectivity index (χ0) is 20.3. The number of fused-ring (bicyclic) bond motifs is 5. The largest absolute Gasteiger partial charge is 0.508 e. The van der Waals surface area contributed by atoms with Gasteiger partial charge in [-0.3, -0.25) is 9.59 Å². The van der Waals surface area contributed by atoms with E-state index in [1.54, 1.807) is 12.1 Å². The molecule has 0 radical (unpaired) electrons. The third kappa shape index (κ3) is 2.49. The molecule has 1 fully saturated rings. The first-order valence-corrected chi connectivity index (χ1v) is 9.82. The molecule has 0 bridgehead atoms. The molecule has 0 heterocycles. The van der Waals surface area contributed by atoms with Gasteiger partial charge in [0, 0.05) is 12.3 Å². The van der Waals surface area contributed by atoms with Crippen molar-refractivity contribution in [2.75, 3.05) is 6.61 Å².